The van der Waals surface area contributed by atoms with E-state index in [0.29, 0.717) is 12.1 Å². The fourth-order valence-corrected chi connectivity index (χ4v) is 3.18. The minimum atomic E-state index is 0.496. The normalized spacial score (nSPS) is 15.9. The van der Waals surface area contributed by atoms with Crippen LogP contribution in [0.1, 0.15) is 78.3 Å². The molecule has 0 aromatic heterocycles. The zero-order valence-electron chi connectivity index (χ0n) is 14.7. The quantitative estimate of drug-likeness (QED) is 0.559. The van der Waals surface area contributed by atoms with E-state index in [0.717, 1.165) is 11.8 Å². The van der Waals surface area contributed by atoms with E-state index in [4.69, 9.17) is 0 Å². The highest BCUT2D eigenvalue weighted by molar-refractivity contribution is 5.20. The third-order valence-corrected chi connectivity index (χ3v) is 4.97. The highest BCUT2D eigenvalue weighted by atomic mass is 15.0. The van der Waals surface area contributed by atoms with Gasteiger partial charge < -0.3 is 5.32 Å². The first-order chi connectivity index (χ1) is 10.2. The van der Waals surface area contributed by atoms with Crippen LogP contribution in [0.5, 0.6) is 0 Å². The van der Waals surface area contributed by atoms with Crippen LogP contribution in [-0.4, -0.2) is 6.04 Å². The van der Waals surface area contributed by atoms with E-state index in [-0.39, 0.29) is 0 Å². The molecule has 120 valence electrons. The summed E-state index contributed by atoms with van der Waals surface area (Å²) in [5.74, 6) is 1.53. The lowest BCUT2D eigenvalue weighted by Crippen LogP contribution is -2.37. The van der Waals surface area contributed by atoms with Crippen LogP contribution in [0.3, 0.4) is 0 Å². The molecule has 0 radical (unpaired) electrons. The maximum atomic E-state index is 3.99. The zero-order valence-corrected chi connectivity index (χ0v) is 14.7. The molecule has 1 aromatic carbocycles. The fourth-order valence-electron chi connectivity index (χ4n) is 3.18. The van der Waals surface area contributed by atoms with E-state index in [2.05, 4.69) is 70.3 Å². The average Bonchev–Trinajstić information content (AvgIpc) is 2.54. The Morgan fingerprint density at radius 3 is 1.95 bits per heavy atom. The van der Waals surface area contributed by atoms with Gasteiger partial charge in [-0.25, -0.2) is 0 Å². The van der Waals surface area contributed by atoms with Gasteiger partial charge in [-0.3, -0.25) is 0 Å². The Morgan fingerprint density at radius 2 is 1.48 bits per heavy atom. The number of rotatable bonds is 10. The van der Waals surface area contributed by atoms with Gasteiger partial charge >= 0.3 is 0 Å². The number of hydrogen-bond donors (Lipinski definition) is 1. The minimum absolute atomic E-state index is 0.496. The number of hydrogen-bond acceptors (Lipinski definition) is 1. The van der Waals surface area contributed by atoms with Crippen molar-refractivity contribution in [3.63, 3.8) is 0 Å². The second kappa shape index (κ2) is 10.00. The summed E-state index contributed by atoms with van der Waals surface area (Å²) in [5.41, 5.74) is 1.45. The van der Waals surface area contributed by atoms with Crippen LogP contribution >= 0.6 is 0 Å². The lowest BCUT2D eigenvalue weighted by atomic mass is 9.87. The van der Waals surface area contributed by atoms with Gasteiger partial charge in [-0.1, -0.05) is 84.2 Å². The molecular formula is C20H35N. The summed E-state index contributed by atoms with van der Waals surface area (Å²) < 4.78 is 0. The summed E-state index contributed by atoms with van der Waals surface area (Å²) in [5, 5.41) is 3.99. The predicted octanol–water partition coefficient (Wildman–Crippen LogP) is 5.97. The van der Waals surface area contributed by atoms with Gasteiger partial charge in [0.25, 0.3) is 0 Å². The molecule has 1 heteroatoms. The van der Waals surface area contributed by atoms with Crippen molar-refractivity contribution in [3.8, 4) is 0 Å². The molecule has 0 fully saturated rings. The summed E-state index contributed by atoms with van der Waals surface area (Å²) >= 11 is 0. The molecule has 0 aliphatic carbocycles. The highest BCUT2D eigenvalue weighted by Gasteiger charge is 2.23. The van der Waals surface area contributed by atoms with E-state index >= 15 is 0 Å². The van der Waals surface area contributed by atoms with Crippen LogP contribution in [0, 0.1) is 11.8 Å². The van der Waals surface area contributed by atoms with Gasteiger partial charge in [-0.05, 0) is 30.2 Å². The first kappa shape index (κ1) is 18.2. The minimum Gasteiger partial charge on any atom is -0.307 e. The van der Waals surface area contributed by atoms with Crippen molar-refractivity contribution in [2.24, 2.45) is 11.8 Å². The molecule has 0 aliphatic rings. The fraction of sp³-hybridized carbons (Fsp3) is 0.700. The second-order valence-corrected chi connectivity index (χ2v) is 6.49. The van der Waals surface area contributed by atoms with E-state index < -0.39 is 0 Å². The summed E-state index contributed by atoms with van der Waals surface area (Å²) in [6.07, 6.45) is 6.26. The topological polar surface area (TPSA) is 12.0 Å². The summed E-state index contributed by atoms with van der Waals surface area (Å²) in [6, 6.07) is 12.1. The SMILES string of the molecule is CCC(C)CC(CC)NC(c1ccccc1)C(CC)CC. The molecule has 3 unspecified atom stereocenters. The molecule has 0 spiro atoms. The first-order valence-corrected chi connectivity index (χ1v) is 8.97. The molecule has 1 rings (SSSR count). The van der Waals surface area contributed by atoms with Crippen LogP contribution in [0.25, 0.3) is 0 Å². The molecule has 0 heterocycles. The summed E-state index contributed by atoms with van der Waals surface area (Å²) in [6.45, 7) is 11.6. The van der Waals surface area contributed by atoms with Crippen molar-refractivity contribution in [2.75, 3.05) is 0 Å². The van der Waals surface area contributed by atoms with E-state index in [1.54, 1.807) is 0 Å². The maximum Gasteiger partial charge on any atom is 0.0350 e. The Kier molecular flexibility index (Phi) is 8.68. The Bertz CT molecular complexity index is 355. The van der Waals surface area contributed by atoms with Gasteiger partial charge in [0.2, 0.25) is 0 Å². The Balaban J connectivity index is 2.85. The van der Waals surface area contributed by atoms with E-state index in [9.17, 15) is 0 Å². The Labute approximate surface area is 132 Å². The molecule has 0 aliphatic heterocycles. The van der Waals surface area contributed by atoms with Crippen molar-refractivity contribution in [1.29, 1.82) is 0 Å². The van der Waals surface area contributed by atoms with Crippen LogP contribution in [0.4, 0.5) is 0 Å². The molecule has 1 N–H and O–H groups in total. The van der Waals surface area contributed by atoms with Gasteiger partial charge in [0.1, 0.15) is 0 Å². The zero-order chi connectivity index (χ0) is 15.7. The van der Waals surface area contributed by atoms with Crippen molar-refractivity contribution in [2.45, 2.75) is 78.8 Å². The van der Waals surface area contributed by atoms with Gasteiger partial charge in [-0.15, -0.1) is 0 Å². The van der Waals surface area contributed by atoms with Crippen molar-refractivity contribution < 1.29 is 0 Å². The van der Waals surface area contributed by atoms with Crippen molar-refractivity contribution >= 4 is 0 Å². The molecule has 0 amide bonds. The molecular weight excluding hydrogens is 254 g/mol. The van der Waals surface area contributed by atoms with E-state index in [1.165, 1.54) is 37.7 Å². The largest absolute Gasteiger partial charge is 0.307 e. The summed E-state index contributed by atoms with van der Waals surface area (Å²) in [4.78, 5) is 0. The third-order valence-electron chi connectivity index (χ3n) is 4.97. The van der Waals surface area contributed by atoms with Crippen molar-refractivity contribution in [1.82, 2.24) is 5.32 Å². The standard InChI is InChI=1S/C20H35N/c1-6-16(5)15-19(9-4)21-20(17(7-2)8-3)18-13-11-10-12-14-18/h10-14,16-17,19-21H,6-9,15H2,1-5H3. The van der Waals surface area contributed by atoms with Gasteiger partial charge in [0, 0.05) is 12.1 Å². The molecule has 21 heavy (non-hydrogen) atoms. The number of nitrogens with one attached hydrogen (secondary N) is 1. The van der Waals surface area contributed by atoms with Crippen LogP contribution in [-0.2, 0) is 0 Å². The van der Waals surface area contributed by atoms with Crippen LogP contribution < -0.4 is 5.32 Å². The monoisotopic (exact) mass is 289 g/mol. The molecule has 1 aromatic rings. The molecule has 0 bridgehead atoms. The second-order valence-electron chi connectivity index (χ2n) is 6.49. The molecule has 0 saturated heterocycles. The maximum absolute atomic E-state index is 3.99. The Hall–Kier alpha value is -0.820. The van der Waals surface area contributed by atoms with E-state index in [1.807, 2.05) is 0 Å². The van der Waals surface area contributed by atoms with Gasteiger partial charge in [0.15, 0.2) is 0 Å². The summed E-state index contributed by atoms with van der Waals surface area (Å²) in [7, 11) is 0. The molecule has 3 atom stereocenters. The lowest BCUT2D eigenvalue weighted by Gasteiger charge is -2.32. The smallest absolute Gasteiger partial charge is 0.0350 e. The van der Waals surface area contributed by atoms with Crippen LogP contribution in [0.15, 0.2) is 30.3 Å². The molecule has 0 saturated carbocycles. The average molecular weight is 290 g/mol. The van der Waals surface area contributed by atoms with Gasteiger partial charge in [0.05, 0.1) is 0 Å². The predicted molar refractivity (Wildman–Crippen MR) is 94.5 cm³/mol. The number of benzene rings is 1. The third kappa shape index (κ3) is 5.82. The van der Waals surface area contributed by atoms with Crippen molar-refractivity contribution in [3.05, 3.63) is 35.9 Å². The lowest BCUT2D eigenvalue weighted by molar-refractivity contribution is 0.278. The van der Waals surface area contributed by atoms with Gasteiger partial charge in [-0.2, -0.15) is 0 Å². The first-order valence-electron chi connectivity index (χ1n) is 8.97. The Morgan fingerprint density at radius 1 is 0.857 bits per heavy atom. The highest BCUT2D eigenvalue weighted by Crippen LogP contribution is 2.29. The molecule has 1 nitrogen and oxygen atoms in total. The van der Waals surface area contributed by atoms with Crippen LogP contribution in [0.2, 0.25) is 0 Å².